The lowest BCUT2D eigenvalue weighted by Gasteiger charge is -2.35. The summed E-state index contributed by atoms with van der Waals surface area (Å²) >= 11 is 7.60. The van der Waals surface area contributed by atoms with Gasteiger partial charge >= 0.3 is 0 Å². The van der Waals surface area contributed by atoms with Crippen molar-refractivity contribution in [3.63, 3.8) is 0 Å². The van der Waals surface area contributed by atoms with E-state index in [1.165, 1.54) is 11.8 Å². The summed E-state index contributed by atoms with van der Waals surface area (Å²) in [6, 6.07) is 5.51. The average molecular weight is 353 g/mol. The summed E-state index contributed by atoms with van der Waals surface area (Å²) in [6.45, 7) is 7.54. The molecule has 0 aromatic heterocycles. The maximum atomic E-state index is 13.3. The first kappa shape index (κ1) is 16.7. The summed E-state index contributed by atoms with van der Waals surface area (Å²) in [5.41, 5.74) is 0.777. The molecule has 0 N–H and O–H groups in total. The van der Waals surface area contributed by atoms with Crippen LogP contribution >= 0.6 is 23.4 Å². The van der Waals surface area contributed by atoms with Gasteiger partial charge in [0.15, 0.2) is 4.87 Å². The number of hydrogen-bond acceptors (Lipinski definition) is 3. The van der Waals surface area contributed by atoms with Crippen molar-refractivity contribution in [1.29, 1.82) is 0 Å². The Bertz CT molecular complexity index is 664. The van der Waals surface area contributed by atoms with Gasteiger partial charge in [0.1, 0.15) is 0 Å². The molecule has 23 heavy (non-hydrogen) atoms. The van der Waals surface area contributed by atoms with E-state index in [2.05, 4.69) is 13.8 Å². The Labute approximate surface area is 146 Å². The molecule has 1 aromatic rings. The lowest BCUT2D eigenvalue weighted by Crippen LogP contribution is -2.54. The topological polar surface area (TPSA) is 40.6 Å². The molecule has 0 spiro atoms. The van der Waals surface area contributed by atoms with Crippen molar-refractivity contribution >= 4 is 40.9 Å². The number of thioether (sulfide) groups is 1. The van der Waals surface area contributed by atoms with Gasteiger partial charge in [-0.1, -0.05) is 37.2 Å². The van der Waals surface area contributed by atoms with Gasteiger partial charge in [0, 0.05) is 29.4 Å². The van der Waals surface area contributed by atoms with E-state index >= 15 is 0 Å². The third-order valence-corrected chi connectivity index (χ3v) is 6.02. The summed E-state index contributed by atoms with van der Waals surface area (Å²) in [7, 11) is 0. The third kappa shape index (κ3) is 2.64. The van der Waals surface area contributed by atoms with E-state index in [4.69, 9.17) is 11.6 Å². The van der Waals surface area contributed by atoms with E-state index < -0.39 is 4.87 Å². The van der Waals surface area contributed by atoms with Crippen molar-refractivity contribution in [2.75, 3.05) is 18.0 Å². The molecule has 3 rings (SSSR count). The van der Waals surface area contributed by atoms with Crippen molar-refractivity contribution in [3.05, 3.63) is 23.2 Å². The van der Waals surface area contributed by atoms with E-state index in [0.29, 0.717) is 36.9 Å². The van der Waals surface area contributed by atoms with E-state index in [1.807, 2.05) is 24.0 Å². The van der Waals surface area contributed by atoms with Crippen LogP contribution in [0.25, 0.3) is 0 Å². The number of halogens is 1. The van der Waals surface area contributed by atoms with Gasteiger partial charge in [0.25, 0.3) is 5.91 Å². The highest BCUT2D eigenvalue weighted by Crippen LogP contribution is 2.56. The number of nitrogens with zero attached hydrogens (tertiary/aromatic N) is 2. The monoisotopic (exact) mass is 352 g/mol. The fraction of sp³-hybridized carbons (Fsp3) is 0.529. The number of carbonyl (C=O) groups is 2. The second kappa shape index (κ2) is 6.02. The molecule has 2 heterocycles. The van der Waals surface area contributed by atoms with Gasteiger partial charge in [-0.2, -0.15) is 0 Å². The largest absolute Gasteiger partial charge is 0.340 e. The summed E-state index contributed by atoms with van der Waals surface area (Å²) in [4.78, 5) is 29.5. The molecule has 1 aromatic carbocycles. The Balaban J connectivity index is 2.00. The number of benzene rings is 1. The molecule has 0 saturated carbocycles. The minimum atomic E-state index is -0.824. The summed E-state index contributed by atoms with van der Waals surface area (Å²) in [6.07, 6.45) is 0.958. The van der Waals surface area contributed by atoms with Crippen LogP contribution in [0.5, 0.6) is 0 Å². The quantitative estimate of drug-likeness (QED) is 0.828. The van der Waals surface area contributed by atoms with Crippen LogP contribution in [-0.4, -0.2) is 34.7 Å². The summed E-state index contributed by atoms with van der Waals surface area (Å²) < 4.78 is 0. The molecule has 1 atom stereocenters. The third-order valence-electron chi connectivity index (χ3n) is 4.32. The minimum Gasteiger partial charge on any atom is -0.340 e. The van der Waals surface area contributed by atoms with Gasteiger partial charge in [-0.3, -0.25) is 14.5 Å². The molecule has 2 aliphatic rings. The summed E-state index contributed by atoms with van der Waals surface area (Å²) in [5, 5.41) is 0.585. The average Bonchev–Trinajstić information content (AvgIpc) is 3.00. The van der Waals surface area contributed by atoms with Gasteiger partial charge in [-0.15, -0.1) is 0 Å². The highest BCUT2D eigenvalue weighted by molar-refractivity contribution is 8.02. The smallest absolute Gasteiger partial charge is 0.259 e. The van der Waals surface area contributed by atoms with Gasteiger partial charge < -0.3 is 4.90 Å². The Hall–Kier alpha value is -1.20. The standard InChI is InChI=1S/C17H21ClN2O2S/c1-4-19(10-11(2)3)16(22)17-8-7-15(21)20(17)13-9-12(18)5-6-14(13)23-17/h5-6,9,11H,4,7-8,10H2,1-3H3/t17-/m1/s1. The molecule has 2 aliphatic heterocycles. The lowest BCUT2D eigenvalue weighted by molar-refractivity contribution is -0.134. The highest BCUT2D eigenvalue weighted by Gasteiger charge is 2.58. The van der Waals surface area contributed by atoms with Crippen LogP contribution in [0.1, 0.15) is 33.6 Å². The molecule has 2 amide bonds. The maximum Gasteiger partial charge on any atom is 0.259 e. The van der Waals surface area contributed by atoms with Crippen LogP contribution in [0.2, 0.25) is 5.02 Å². The highest BCUT2D eigenvalue weighted by atomic mass is 35.5. The van der Waals surface area contributed by atoms with Crippen molar-refractivity contribution < 1.29 is 9.59 Å². The van der Waals surface area contributed by atoms with Crippen molar-refractivity contribution in [1.82, 2.24) is 4.90 Å². The molecular weight excluding hydrogens is 332 g/mol. The van der Waals surface area contributed by atoms with Crippen molar-refractivity contribution in [2.24, 2.45) is 5.92 Å². The van der Waals surface area contributed by atoms with Crippen LogP contribution in [0, 0.1) is 5.92 Å². The predicted octanol–water partition coefficient (Wildman–Crippen LogP) is 3.77. The molecule has 124 valence electrons. The van der Waals surface area contributed by atoms with Gasteiger partial charge in [0.05, 0.1) is 5.69 Å². The number of likely N-dealkylation sites (N-methyl/N-ethyl adjacent to an activating group) is 1. The molecule has 1 fully saturated rings. The number of amides is 2. The zero-order chi connectivity index (χ0) is 16.8. The van der Waals surface area contributed by atoms with Crippen molar-refractivity contribution in [2.45, 2.75) is 43.4 Å². The van der Waals surface area contributed by atoms with Gasteiger partial charge in [0.2, 0.25) is 5.91 Å². The van der Waals surface area contributed by atoms with Crippen LogP contribution < -0.4 is 4.90 Å². The first-order chi connectivity index (χ1) is 10.9. The molecule has 0 unspecified atom stereocenters. The predicted molar refractivity (Wildman–Crippen MR) is 93.9 cm³/mol. The number of rotatable bonds is 4. The first-order valence-electron chi connectivity index (χ1n) is 8.00. The number of carbonyl (C=O) groups excluding carboxylic acids is 2. The molecule has 1 saturated heterocycles. The fourth-order valence-electron chi connectivity index (χ4n) is 3.35. The normalized spacial score (nSPS) is 22.5. The Kier molecular flexibility index (Phi) is 4.36. The van der Waals surface area contributed by atoms with E-state index in [1.54, 1.807) is 11.0 Å². The Morgan fingerprint density at radius 3 is 2.87 bits per heavy atom. The molecule has 0 bridgehead atoms. The second-order valence-electron chi connectivity index (χ2n) is 6.47. The van der Waals surface area contributed by atoms with E-state index in [0.717, 1.165) is 10.6 Å². The lowest BCUT2D eigenvalue weighted by atomic mass is 10.1. The zero-order valence-corrected chi connectivity index (χ0v) is 15.2. The van der Waals surface area contributed by atoms with Crippen LogP contribution in [-0.2, 0) is 9.59 Å². The first-order valence-corrected chi connectivity index (χ1v) is 9.19. The number of hydrogen-bond donors (Lipinski definition) is 0. The Morgan fingerprint density at radius 2 is 2.22 bits per heavy atom. The van der Waals surface area contributed by atoms with Crippen LogP contribution in [0.15, 0.2) is 23.1 Å². The van der Waals surface area contributed by atoms with Crippen LogP contribution in [0.4, 0.5) is 5.69 Å². The zero-order valence-electron chi connectivity index (χ0n) is 13.6. The fourth-order valence-corrected chi connectivity index (χ4v) is 4.98. The van der Waals surface area contributed by atoms with Crippen LogP contribution in [0.3, 0.4) is 0 Å². The molecule has 6 heteroatoms. The summed E-state index contributed by atoms with van der Waals surface area (Å²) in [5.74, 6) is 0.438. The number of anilines is 1. The molecule has 0 radical (unpaired) electrons. The molecule has 0 aliphatic carbocycles. The molecule has 4 nitrogen and oxygen atoms in total. The van der Waals surface area contributed by atoms with Gasteiger partial charge in [-0.05, 0) is 37.5 Å². The minimum absolute atomic E-state index is 0.00691. The van der Waals surface area contributed by atoms with E-state index in [9.17, 15) is 9.59 Å². The van der Waals surface area contributed by atoms with E-state index in [-0.39, 0.29) is 11.8 Å². The maximum absolute atomic E-state index is 13.3. The second-order valence-corrected chi connectivity index (χ2v) is 8.22. The van der Waals surface area contributed by atoms with Crippen molar-refractivity contribution in [3.8, 4) is 0 Å². The SMILES string of the molecule is CCN(CC(C)C)C(=O)[C@]12CCC(=O)N1c1cc(Cl)ccc1S2. The Morgan fingerprint density at radius 1 is 1.48 bits per heavy atom. The number of fused-ring (bicyclic) bond motifs is 3. The molecular formula is C17H21ClN2O2S. The van der Waals surface area contributed by atoms with Gasteiger partial charge in [-0.25, -0.2) is 0 Å².